The molecule has 0 aliphatic heterocycles. The van der Waals surface area contributed by atoms with Gasteiger partial charge in [0.1, 0.15) is 0 Å². The molecule has 0 aromatic heterocycles. The van der Waals surface area contributed by atoms with E-state index in [1.165, 1.54) is 4.90 Å². The molecule has 2 aromatic carbocycles. The molecule has 0 aliphatic rings. The molecule has 2 N–H and O–H groups in total. The van der Waals surface area contributed by atoms with Gasteiger partial charge >= 0.3 is 5.97 Å². The van der Waals surface area contributed by atoms with E-state index in [9.17, 15) is 19.5 Å². The Morgan fingerprint density at radius 3 is 1.96 bits per heavy atom. The van der Waals surface area contributed by atoms with Gasteiger partial charge in [-0.3, -0.25) is 14.4 Å². The van der Waals surface area contributed by atoms with E-state index >= 15 is 0 Å². The number of nitrogens with zero attached hydrogens (tertiary/aromatic N) is 1. The summed E-state index contributed by atoms with van der Waals surface area (Å²) in [7, 11) is 3.31. The Bertz CT molecular complexity index is 785. The standard InChI is InChI=1S/C20H22N2O4/c1-13(20(25)26)17(14-7-5-4-6-8-14)21-18(23)15-9-11-16(12-10-15)19(24)22(2)3/h4-13,17H,1-3H3,(H,21,23)(H,25,26). The van der Waals surface area contributed by atoms with Crippen molar-refractivity contribution in [3.63, 3.8) is 0 Å². The summed E-state index contributed by atoms with van der Waals surface area (Å²) in [5, 5.41) is 12.1. The topological polar surface area (TPSA) is 86.7 Å². The molecule has 0 bridgehead atoms. The van der Waals surface area contributed by atoms with E-state index in [0.29, 0.717) is 11.1 Å². The van der Waals surface area contributed by atoms with Gasteiger partial charge in [-0.1, -0.05) is 30.3 Å². The van der Waals surface area contributed by atoms with Crippen LogP contribution in [0.5, 0.6) is 0 Å². The van der Waals surface area contributed by atoms with Crippen LogP contribution in [0.4, 0.5) is 0 Å². The first-order chi connectivity index (χ1) is 12.3. The summed E-state index contributed by atoms with van der Waals surface area (Å²) in [6.07, 6.45) is 0. The van der Waals surface area contributed by atoms with Crippen LogP contribution >= 0.6 is 0 Å². The minimum Gasteiger partial charge on any atom is -0.481 e. The molecule has 0 fully saturated rings. The van der Waals surface area contributed by atoms with Crippen molar-refractivity contribution in [2.24, 2.45) is 5.92 Å². The molecule has 6 heteroatoms. The summed E-state index contributed by atoms with van der Waals surface area (Å²) in [5.74, 6) is -2.34. The summed E-state index contributed by atoms with van der Waals surface area (Å²) in [6.45, 7) is 1.55. The van der Waals surface area contributed by atoms with E-state index in [2.05, 4.69) is 5.32 Å². The number of benzene rings is 2. The first kappa shape index (κ1) is 19.2. The number of nitrogens with one attached hydrogen (secondary N) is 1. The van der Waals surface area contributed by atoms with Gasteiger partial charge in [0.25, 0.3) is 11.8 Å². The Morgan fingerprint density at radius 1 is 0.923 bits per heavy atom. The molecule has 136 valence electrons. The van der Waals surface area contributed by atoms with E-state index in [4.69, 9.17) is 0 Å². The lowest BCUT2D eigenvalue weighted by Gasteiger charge is -2.23. The van der Waals surface area contributed by atoms with Crippen molar-refractivity contribution in [3.8, 4) is 0 Å². The normalized spacial score (nSPS) is 12.7. The number of carboxylic acid groups (broad SMARTS) is 1. The van der Waals surface area contributed by atoms with E-state index in [1.54, 1.807) is 69.6 Å². The van der Waals surface area contributed by atoms with Crippen molar-refractivity contribution in [2.45, 2.75) is 13.0 Å². The minimum absolute atomic E-state index is 0.154. The first-order valence-electron chi connectivity index (χ1n) is 8.21. The number of aliphatic carboxylic acids is 1. The number of carbonyl (C=O) groups excluding carboxylic acids is 2. The summed E-state index contributed by atoms with van der Waals surface area (Å²) in [4.78, 5) is 37.4. The zero-order valence-corrected chi connectivity index (χ0v) is 15.0. The molecular formula is C20H22N2O4. The largest absolute Gasteiger partial charge is 0.481 e. The van der Waals surface area contributed by atoms with Crippen LogP contribution in [-0.2, 0) is 4.79 Å². The third kappa shape index (κ3) is 4.47. The molecular weight excluding hydrogens is 332 g/mol. The van der Waals surface area contributed by atoms with E-state index < -0.39 is 23.8 Å². The van der Waals surface area contributed by atoms with Crippen LogP contribution in [0.15, 0.2) is 54.6 Å². The van der Waals surface area contributed by atoms with E-state index in [1.807, 2.05) is 6.07 Å². The highest BCUT2D eigenvalue weighted by Gasteiger charge is 2.27. The van der Waals surface area contributed by atoms with Crippen molar-refractivity contribution in [3.05, 3.63) is 71.3 Å². The monoisotopic (exact) mass is 354 g/mol. The van der Waals surface area contributed by atoms with Crippen molar-refractivity contribution in [1.82, 2.24) is 10.2 Å². The highest BCUT2D eigenvalue weighted by Crippen LogP contribution is 2.23. The predicted molar refractivity (Wildman–Crippen MR) is 97.9 cm³/mol. The molecule has 26 heavy (non-hydrogen) atoms. The zero-order valence-electron chi connectivity index (χ0n) is 15.0. The number of hydrogen-bond donors (Lipinski definition) is 2. The van der Waals surface area contributed by atoms with Gasteiger partial charge in [-0.15, -0.1) is 0 Å². The molecule has 0 aliphatic carbocycles. The lowest BCUT2D eigenvalue weighted by molar-refractivity contribution is -0.142. The smallest absolute Gasteiger partial charge is 0.308 e. The lowest BCUT2D eigenvalue weighted by atomic mass is 9.94. The Labute approximate surface area is 152 Å². The van der Waals surface area contributed by atoms with Crippen molar-refractivity contribution in [2.75, 3.05) is 14.1 Å². The second-order valence-electron chi connectivity index (χ2n) is 6.27. The second kappa shape index (κ2) is 8.29. The maximum atomic E-state index is 12.6. The van der Waals surface area contributed by atoms with Crippen LogP contribution in [-0.4, -0.2) is 41.9 Å². The molecule has 0 radical (unpaired) electrons. The van der Waals surface area contributed by atoms with Gasteiger partial charge in [0.2, 0.25) is 0 Å². The highest BCUT2D eigenvalue weighted by atomic mass is 16.4. The van der Waals surface area contributed by atoms with E-state index in [-0.39, 0.29) is 5.91 Å². The molecule has 0 spiro atoms. The van der Waals surface area contributed by atoms with Gasteiger partial charge in [-0.2, -0.15) is 0 Å². The van der Waals surface area contributed by atoms with Crippen LogP contribution in [0.25, 0.3) is 0 Å². The fourth-order valence-electron chi connectivity index (χ4n) is 2.55. The van der Waals surface area contributed by atoms with Gasteiger partial charge in [0.15, 0.2) is 0 Å². The van der Waals surface area contributed by atoms with Crippen molar-refractivity contribution >= 4 is 17.8 Å². The quantitative estimate of drug-likeness (QED) is 0.835. The van der Waals surface area contributed by atoms with Crippen molar-refractivity contribution in [1.29, 1.82) is 0 Å². The number of carbonyl (C=O) groups is 3. The van der Waals surface area contributed by atoms with Crippen LogP contribution < -0.4 is 5.32 Å². The highest BCUT2D eigenvalue weighted by molar-refractivity contribution is 5.98. The second-order valence-corrected chi connectivity index (χ2v) is 6.27. The SMILES string of the molecule is CC(C(=O)O)C(NC(=O)c1ccc(C(=O)N(C)C)cc1)c1ccccc1. The molecule has 2 atom stereocenters. The Kier molecular flexibility index (Phi) is 6.11. The third-order valence-corrected chi connectivity index (χ3v) is 4.14. The Hall–Kier alpha value is -3.15. The molecule has 2 aromatic rings. The summed E-state index contributed by atoms with van der Waals surface area (Å²) in [6, 6.07) is 14.6. The third-order valence-electron chi connectivity index (χ3n) is 4.14. The Morgan fingerprint density at radius 2 is 1.46 bits per heavy atom. The number of rotatable bonds is 6. The maximum absolute atomic E-state index is 12.6. The number of amides is 2. The molecule has 0 heterocycles. The first-order valence-corrected chi connectivity index (χ1v) is 8.21. The summed E-state index contributed by atoms with van der Waals surface area (Å²) in [5.41, 5.74) is 1.55. The molecule has 6 nitrogen and oxygen atoms in total. The zero-order chi connectivity index (χ0) is 19.3. The number of carboxylic acids is 1. The maximum Gasteiger partial charge on any atom is 0.308 e. The Balaban J connectivity index is 2.21. The lowest BCUT2D eigenvalue weighted by Crippen LogP contribution is -2.35. The van der Waals surface area contributed by atoms with Gasteiger partial charge in [-0.05, 0) is 36.8 Å². The fraction of sp³-hybridized carbons (Fsp3) is 0.250. The van der Waals surface area contributed by atoms with Gasteiger partial charge in [0.05, 0.1) is 12.0 Å². The molecule has 0 saturated heterocycles. The molecule has 2 amide bonds. The average Bonchev–Trinajstić information content (AvgIpc) is 2.65. The minimum atomic E-state index is -0.994. The van der Waals surface area contributed by atoms with Gasteiger partial charge < -0.3 is 15.3 Å². The average molecular weight is 354 g/mol. The van der Waals surface area contributed by atoms with Crippen LogP contribution in [0, 0.1) is 5.92 Å². The predicted octanol–water partition coefficient (Wildman–Crippen LogP) is 2.58. The summed E-state index contributed by atoms with van der Waals surface area (Å²) < 4.78 is 0. The van der Waals surface area contributed by atoms with Gasteiger partial charge in [0, 0.05) is 25.2 Å². The molecule has 0 saturated carbocycles. The summed E-state index contributed by atoms with van der Waals surface area (Å²) >= 11 is 0. The number of hydrogen-bond acceptors (Lipinski definition) is 3. The van der Waals surface area contributed by atoms with E-state index in [0.717, 1.165) is 5.56 Å². The molecule has 2 unspecified atom stereocenters. The van der Waals surface area contributed by atoms with Crippen LogP contribution in [0.2, 0.25) is 0 Å². The molecule has 2 rings (SSSR count). The fourth-order valence-corrected chi connectivity index (χ4v) is 2.55. The van der Waals surface area contributed by atoms with Crippen molar-refractivity contribution < 1.29 is 19.5 Å². The van der Waals surface area contributed by atoms with Crippen LogP contribution in [0.1, 0.15) is 39.2 Å². The van der Waals surface area contributed by atoms with Gasteiger partial charge in [-0.25, -0.2) is 0 Å². The van der Waals surface area contributed by atoms with Crippen LogP contribution in [0.3, 0.4) is 0 Å².